The molecule has 0 bridgehead atoms. The van der Waals surface area contributed by atoms with E-state index in [0.717, 1.165) is 12.0 Å². The summed E-state index contributed by atoms with van der Waals surface area (Å²) in [5, 5.41) is 21.7. The maximum Gasteiger partial charge on any atom is 0.120 e. The molecule has 2 aromatic rings. The highest BCUT2D eigenvalue weighted by atomic mass is 16.3. The minimum absolute atomic E-state index is 0.0168. The minimum Gasteiger partial charge on any atom is -0.395 e. The van der Waals surface area contributed by atoms with E-state index in [1.165, 1.54) is 5.56 Å². The topological polar surface area (TPSA) is 61.0 Å². The van der Waals surface area contributed by atoms with Gasteiger partial charge in [0.15, 0.2) is 0 Å². The van der Waals surface area contributed by atoms with Crippen molar-refractivity contribution in [1.82, 2.24) is 9.88 Å². The summed E-state index contributed by atoms with van der Waals surface area (Å²) in [4.78, 5) is 0. The molecule has 0 saturated heterocycles. The lowest BCUT2D eigenvalue weighted by atomic mass is 10.1. The molecule has 0 aliphatic rings. The first-order valence-electron chi connectivity index (χ1n) is 6.66. The zero-order chi connectivity index (χ0) is 14.4. The summed E-state index contributed by atoms with van der Waals surface area (Å²) < 4.78 is 1.81. The average molecular weight is 269 g/mol. The highest BCUT2D eigenvalue weighted by Gasteiger charge is 2.09. The van der Waals surface area contributed by atoms with Crippen LogP contribution in [-0.2, 0) is 20.0 Å². The molecule has 4 heteroatoms. The Hall–Kier alpha value is -2.09. The van der Waals surface area contributed by atoms with Gasteiger partial charge in [0.05, 0.1) is 6.61 Å². The summed E-state index contributed by atoms with van der Waals surface area (Å²) in [5.74, 6) is 0. The third-order valence-corrected chi connectivity index (χ3v) is 3.32. The summed E-state index contributed by atoms with van der Waals surface area (Å²) in [5.41, 5.74) is 2.89. The second-order valence-corrected chi connectivity index (χ2v) is 4.91. The van der Waals surface area contributed by atoms with Gasteiger partial charge in [-0.3, -0.25) is 0 Å². The first kappa shape index (κ1) is 14.3. The second-order valence-electron chi connectivity index (χ2n) is 4.91. The number of nitrogens with one attached hydrogen (secondary N) is 1. The Morgan fingerprint density at radius 1 is 1.30 bits per heavy atom. The first-order valence-corrected chi connectivity index (χ1v) is 6.66. The predicted molar refractivity (Wildman–Crippen MR) is 78.0 cm³/mol. The number of rotatable bonds is 6. The number of aliphatic hydroxyl groups excluding tert-OH is 1. The molecular formula is C16H19N3O. The van der Waals surface area contributed by atoms with Gasteiger partial charge in [0.25, 0.3) is 0 Å². The summed E-state index contributed by atoms with van der Waals surface area (Å²) >= 11 is 0. The van der Waals surface area contributed by atoms with Gasteiger partial charge in [-0.1, -0.05) is 30.3 Å². The van der Waals surface area contributed by atoms with E-state index in [1.807, 2.05) is 42.1 Å². The van der Waals surface area contributed by atoms with Crippen LogP contribution in [0, 0.1) is 11.3 Å². The average Bonchev–Trinajstić information content (AvgIpc) is 2.84. The Kier molecular flexibility index (Phi) is 4.94. The van der Waals surface area contributed by atoms with Crippen molar-refractivity contribution in [3.05, 3.63) is 59.4 Å². The van der Waals surface area contributed by atoms with Crippen LogP contribution in [0.1, 0.15) is 16.8 Å². The molecule has 1 aromatic heterocycles. The molecule has 0 aliphatic heterocycles. The molecule has 1 heterocycles. The number of nitrogens with zero attached hydrogens (tertiary/aromatic N) is 2. The second kappa shape index (κ2) is 6.90. The van der Waals surface area contributed by atoms with Crippen LogP contribution < -0.4 is 5.32 Å². The summed E-state index contributed by atoms with van der Waals surface area (Å²) in [6.45, 7) is 0.737. The molecule has 2 rings (SSSR count). The molecule has 1 atom stereocenters. The summed E-state index contributed by atoms with van der Waals surface area (Å²) in [7, 11) is 1.86. The third kappa shape index (κ3) is 3.70. The smallest absolute Gasteiger partial charge is 0.120 e. The lowest BCUT2D eigenvalue weighted by Gasteiger charge is -2.15. The molecule has 0 saturated carbocycles. The van der Waals surface area contributed by atoms with Crippen molar-refractivity contribution in [3.63, 3.8) is 0 Å². The fourth-order valence-electron chi connectivity index (χ4n) is 2.20. The molecule has 0 amide bonds. The van der Waals surface area contributed by atoms with E-state index in [4.69, 9.17) is 5.26 Å². The van der Waals surface area contributed by atoms with Gasteiger partial charge in [0.1, 0.15) is 11.8 Å². The number of benzene rings is 1. The number of hydrogen-bond acceptors (Lipinski definition) is 3. The van der Waals surface area contributed by atoms with Crippen molar-refractivity contribution in [2.45, 2.75) is 19.0 Å². The van der Waals surface area contributed by atoms with E-state index >= 15 is 0 Å². The van der Waals surface area contributed by atoms with Crippen LogP contribution >= 0.6 is 0 Å². The van der Waals surface area contributed by atoms with E-state index < -0.39 is 0 Å². The molecule has 0 radical (unpaired) electrons. The zero-order valence-electron chi connectivity index (χ0n) is 11.6. The summed E-state index contributed by atoms with van der Waals surface area (Å²) in [6.07, 6.45) is 2.72. The zero-order valence-corrected chi connectivity index (χ0v) is 11.6. The highest BCUT2D eigenvalue weighted by Crippen LogP contribution is 2.07. The van der Waals surface area contributed by atoms with Crippen molar-refractivity contribution in [2.24, 2.45) is 7.05 Å². The Morgan fingerprint density at radius 3 is 2.65 bits per heavy atom. The van der Waals surface area contributed by atoms with Crippen molar-refractivity contribution >= 4 is 0 Å². The number of aryl methyl sites for hydroxylation is 1. The molecule has 20 heavy (non-hydrogen) atoms. The Bertz CT molecular complexity index is 584. The fourth-order valence-corrected chi connectivity index (χ4v) is 2.20. The van der Waals surface area contributed by atoms with E-state index in [-0.39, 0.29) is 12.6 Å². The van der Waals surface area contributed by atoms with Crippen molar-refractivity contribution in [2.75, 3.05) is 6.61 Å². The normalized spacial score (nSPS) is 12.1. The Labute approximate surface area is 119 Å². The van der Waals surface area contributed by atoms with Gasteiger partial charge in [-0.15, -0.1) is 0 Å². The molecule has 104 valence electrons. The van der Waals surface area contributed by atoms with Crippen LogP contribution in [-0.4, -0.2) is 22.3 Å². The van der Waals surface area contributed by atoms with Gasteiger partial charge in [0.2, 0.25) is 0 Å². The molecule has 0 spiro atoms. The molecule has 0 fully saturated rings. The SMILES string of the molecule is Cn1cc(CN[C@@H](CO)Cc2ccccc2)cc1C#N. The molecule has 0 aliphatic carbocycles. The minimum atomic E-state index is 0.0168. The molecular weight excluding hydrogens is 250 g/mol. The van der Waals surface area contributed by atoms with Crippen LogP contribution in [0.15, 0.2) is 42.6 Å². The fraction of sp³-hybridized carbons (Fsp3) is 0.312. The maximum atomic E-state index is 9.45. The Balaban J connectivity index is 1.92. The number of nitriles is 1. The number of hydrogen-bond donors (Lipinski definition) is 2. The van der Waals surface area contributed by atoms with E-state index in [0.29, 0.717) is 12.2 Å². The van der Waals surface area contributed by atoms with E-state index in [2.05, 4.69) is 23.5 Å². The van der Waals surface area contributed by atoms with Crippen molar-refractivity contribution < 1.29 is 5.11 Å². The highest BCUT2D eigenvalue weighted by molar-refractivity contribution is 5.28. The first-order chi connectivity index (χ1) is 9.72. The van der Waals surface area contributed by atoms with Crippen LogP contribution in [0.4, 0.5) is 0 Å². The van der Waals surface area contributed by atoms with Crippen LogP contribution in [0.25, 0.3) is 0 Å². The van der Waals surface area contributed by atoms with Gasteiger partial charge in [-0.25, -0.2) is 0 Å². The Morgan fingerprint density at radius 2 is 2.05 bits per heavy atom. The van der Waals surface area contributed by atoms with Crippen LogP contribution in [0.3, 0.4) is 0 Å². The molecule has 0 unspecified atom stereocenters. The maximum absolute atomic E-state index is 9.45. The van der Waals surface area contributed by atoms with Crippen molar-refractivity contribution in [3.8, 4) is 6.07 Å². The summed E-state index contributed by atoms with van der Waals surface area (Å²) in [6, 6.07) is 14.1. The van der Waals surface area contributed by atoms with E-state index in [9.17, 15) is 5.11 Å². The van der Waals surface area contributed by atoms with Gasteiger partial charge in [0, 0.05) is 25.8 Å². The standard InChI is InChI=1S/C16H19N3O/c1-19-11-14(8-16(19)9-17)10-18-15(12-20)7-13-5-3-2-4-6-13/h2-6,8,11,15,18,20H,7,10,12H2,1H3/t15-/m1/s1. The predicted octanol–water partition coefficient (Wildman–Crippen LogP) is 1.59. The quantitative estimate of drug-likeness (QED) is 0.837. The lowest BCUT2D eigenvalue weighted by Crippen LogP contribution is -2.33. The molecule has 4 nitrogen and oxygen atoms in total. The molecule has 1 aromatic carbocycles. The number of aromatic nitrogens is 1. The van der Waals surface area contributed by atoms with Gasteiger partial charge >= 0.3 is 0 Å². The van der Waals surface area contributed by atoms with Gasteiger partial charge < -0.3 is 15.0 Å². The largest absolute Gasteiger partial charge is 0.395 e. The van der Waals surface area contributed by atoms with Crippen LogP contribution in [0.5, 0.6) is 0 Å². The molecule has 2 N–H and O–H groups in total. The lowest BCUT2D eigenvalue weighted by molar-refractivity contribution is 0.241. The monoisotopic (exact) mass is 269 g/mol. The van der Waals surface area contributed by atoms with Crippen LogP contribution in [0.2, 0.25) is 0 Å². The van der Waals surface area contributed by atoms with Gasteiger partial charge in [-0.2, -0.15) is 5.26 Å². The van der Waals surface area contributed by atoms with Crippen molar-refractivity contribution in [1.29, 1.82) is 5.26 Å². The van der Waals surface area contributed by atoms with Gasteiger partial charge in [-0.05, 0) is 23.6 Å². The number of aliphatic hydroxyl groups is 1. The van der Waals surface area contributed by atoms with E-state index in [1.54, 1.807) is 0 Å². The third-order valence-electron chi connectivity index (χ3n) is 3.32.